The molecular formula is C28H28BrClN2O4. The predicted molar refractivity (Wildman–Crippen MR) is 145 cm³/mol. The van der Waals surface area contributed by atoms with Gasteiger partial charge in [0.15, 0.2) is 5.54 Å². The van der Waals surface area contributed by atoms with Crippen molar-refractivity contribution in [2.24, 2.45) is 4.99 Å². The van der Waals surface area contributed by atoms with Crippen molar-refractivity contribution in [2.75, 3.05) is 26.4 Å². The predicted octanol–water partition coefficient (Wildman–Crippen LogP) is 4.98. The molecule has 1 amide bonds. The highest BCUT2D eigenvalue weighted by Gasteiger charge is 2.44. The average molecular weight is 572 g/mol. The van der Waals surface area contributed by atoms with E-state index in [0.29, 0.717) is 49.1 Å². The van der Waals surface area contributed by atoms with Crippen LogP contribution in [0.15, 0.2) is 82.3 Å². The van der Waals surface area contributed by atoms with E-state index in [1.165, 1.54) is 0 Å². The van der Waals surface area contributed by atoms with Crippen molar-refractivity contribution >= 4 is 39.3 Å². The summed E-state index contributed by atoms with van der Waals surface area (Å²) in [4.78, 5) is 18.4. The molecule has 188 valence electrons. The quantitative estimate of drug-likeness (QED) is 0.318. The fourth-order valence-electron chi connectivity index (χ4n) is 3.96. The van der Waals surface area contributed by atoms with Crippen molar-refractivity contribution in [1.82, 2.24) is 5.32 Å². The third-order valence-corrected chi connectivity index (χ3v) is 7.08. The van der Waals surface area contributed by atoms with E-state index in [-0.39, 0.29) is 19.1 Å². The molecule has 1 aliphatic heterocycles. The van der Waals surface area contributed by atoms with Crippen LogP contribution in [0.5, 0.6) is 5.75 Å². The van der Waals surface area contributed by atoms with Gasteiger partial charge in [-0.25, -0.2) is 4.99 Å². The molecule has 0 aromatic heterocycles. The van der Waals surface area contributed by atoms with E-state index in [0.717, 1.165) is 21.2 Å². The molecule has 2 N–H and O–H groups in total. The molecule has 0 aliphatic carbocycles. The highest BCUT2D eigenvalue weighted by Crippen LogP contribution is 2.30. The second-order valence-electron chi connectivity index (χ2n) is 8.55. The lowest BCUT2D eigenvalue weighted by molar-refractivity contribution is -0.126. The minimum atomic E-state index is -1.10. The van der Waals surface area contributed by atoms with Crippen LogP contribution >= 0.6 is 27.5 Å². The summed E-state index contributed by atoms with van der Waals surface area (Å²) >= 11 is 9.87. The van der Waals surface area contributed by atoms with Crippen LogP contribution in [0.25, 0.3) is 0 Å². The number of nitrogens with one attached hydrogen (secondary N) is 1. The number of ether oxygens (including phenoxy) is 2. The average Bonchev–Trinajstić information content (AvgIpc) is 3.32. The number of benzene rings is 3. The maximum Gasteiger partial charge on any atom is 0.251 e. The van der Waals surface area contributed by atoms with E-state index in [1.807, 2.05) is 72.8 Å². The van der Waals surface area contributed by atoms with E-state index in [4.69, 9.17) is 31.2 Å². The first-order valence-electron chi connectivity index (χ1n) is 11.8. The van der Waals surface area contributed by atoms with Crippen LogP contribution in [0, 0.1) is 0 Å². The molecule has 0 saturated heterocycles. The van der Waals surface area contributed by atoms with Crippen LogP contribution in [0.2, 0.25) is 5.02 Å². The molecule has 0 bridgehead atoms. The molecule has 1 atom stereocenters. The normalized spacial score (nSPS) is 16.8. The number of aliphatic hydroxyl groups is 1. The molecule has 0 fully saturated rings. The van der Waals surface area contributed by atoms with Gasteiger partial charge in [0.2, 0.25) is 5.90 Å². The molecule has 36 heavy (non-hydrogen) atoms. The SMILES string of the molecule is O=C(NCCc1ccccc1Cl)[C@@]1(Cc2ccccc2Br)COC(c2ccc(OCCCO)cc2)=N1. The number of hydrogen-bond donors (Lipinski definition) is 2. The Balaban J connectivity index is 1.53. The Kier molecular flexibility index (Phi) is 9.02. The lowest BCUT2D eigenvalue weighted by Crippen LogP contribution is -2.49. The number of aliphatic hydroxyl groups excluding tert-OH is 1. The highest BCUT2D eigenvalue weighted by molar-refractivity contribution is 9.10. The first kappa shape index (κ1) is 26.2. The van der Waals surface area contributed by atoms with Crippen LogP contribution in [0.3, 0.4) is 0 Å². The van der Waals surface area contributed by atoms with Gasteiger partial charge in [0.05, 0.1) is 6.61 Å². The summed E-state index contributed by atoms with van der Waals surface area (Å²) in [6, 6.07) is 22.8. The van der Waals surface area contributed by atoms with Gasteiger partial charge in [-0.2, -0.15) is 0 Å². The molecule has 8 heteroatoms. The van der Waals surface area contributed by atoms with Gasteiger partial charge in [0.25, 0.3) is 5.91 Å². The molecule has 0 saturated carbocycles. The van der Waals surface area contributed by atoms with Crippen LogP contribution in [0.4, 0.5) is 0 Å². The van der Waals surface area contributed by atoms with Crippen molar-refractivity contribution in [1.29, 1.82) is 0 Å². The lowest BCUT2D eigenvalue weighted by atomic mass is 9.91. The second-order valence-corrected chi connectivity index (χ2v) is 9.81. The molecule has 3 aromatic carbocycles. The van der Waals surface area contributed by atoms with E-state index in [9.17, 15) is 4.79 Å². The summed E-state index contributed by atoms with van der Waals surface area (Å²) in [5.74, 6) is 0.928. The summed E-state index contributed by atoms with van der Waals surface area (Å²) in [6.45, 7) is 1.10. The molecule has 4 rings (SSSR count). The van der Waals surface area contributed by atoms with Gasteiger partial charge in [-0.05, 0) is 53.9 Å². The third kappa shape index (κ3) is 6.46. The molecule has 1 heterocycles. The Morgan fingerprint density at radius 1 is 1.08 bits per heavy atom. The fraction of sp³-hybridized carbons (Fsp3) is 0.286. The Morgan fingerprint density at radius 2 is 1.81 bits per heavy atom. The van der Waals surface area contributed by atoms with Gasteiger partial charge < -0.3 is 19.9 Å². The number of nitrogens with zero attached hydrogens (tertiary/aromatic N) is 1. The zero-order valence-corrected chi connectivity index (χ0v) is 22.1. The lowest BCUT2D eigenvalue weighted by Gasteiger charge is -2.24. The van der Waals surface area contributed by atoms with E-state index in [2.05, 4.69) is 21.2 Å². The fourth-order valence-corrected chi connectivity index (χ4v) is 4.62. The van der Waals surface area contributed by atoms with Gasteiger partial charge in [-0.3, -0.25) is 4.79 Å². The summed E-state index contributed by atoms with van der Waals surface area (Å²) in [7, 11) is 0. The van der Waals surface area contributed by atoms with Crippen LogP contribution in [0.1, 0.15) is 23.1 Å². The Morgan fingerprint density at radius 3 is 2.53 bits per heavy atom. The van der Waals surface area contributed by atoms with Crippen LogP contribution < -0.4 is 10.1 Å². The smallest absolute Gasteiger partial charge is 0.251 e. The monoisotopic (exact) mass is 570 g/mol. The minimum Gasteiger partial charge on any atom is -0.494 e. The maximum atomic E-state index is 13.5. The Labute approximate surface area is 224 Å². The van der Waals surface area contributed by atoms with Crippen molar-refractivity contribution in [3.63, 3.8) is 0 Å². The molecule has 0 radical (unpaired) electrons. The Bertz CT molecular complexity index is 1220. The van der Waals surface area contributed by atoms with Gasteiger partial charge >= 0.3 is 0 Å². The standard InChI is InChI=1S/C28H28BrClN2O4/c29-24-8-3-1-7-22(24)18-28(27(34)31-15-14-20-6-2-4-9-25(20)30)19-36-26(32-28)21-10-12-23(13-11-21)35-17-5-16-33/h1-4,6-13,33H,5,14-19H2,(H,31,34)/t28-/m1/s1. The number of hydrogen-bond acceptors (Lipinski definition) is 5. The molecule has 0 unspecified atom stereocenters. The van der Waals surface area contributed by atoms with Gasteiger partial charge in [0.1, 0.15) is 12.4 Å². The first-order chi connectivity index (χ1) is 17.5. The first-order valence-corrected chi connectivity index (χ1v) is 13.0. The summed E-state index contributed by atoms with van der Waals surface area (Å²) in [5, 5.41) is 12.7. The maximum absolute atomic E-state index is 13.5. The van der Waals surface area contributed by atoms with Crippen molar-refractivity contribution in [3.8, 4) is 5.75 Å². The second kappa shape index (κ2) is 12.4. The van der Waals surface area contributed by atoms with Gasteiger partial charge in [0, 0.05) is 41.1 Å². The zero-order chi connectivity index (χ0) is 25.4. The molecule has 6 nitrogen and oxygen atoms in total. The zero-order valence-electron chi connectivity index (χ0n) is 19.8. The van der Waals surface area contributed by atoms with E-state index >= 15 is 0 Å². The number of rotatable bonds is 11. The number of halogens is 2. The van der Waals surface area contributed by atoms with Gasteiger partial charge in [-0.15, -0.1) is 0 Å². The van der Waals surface area contributed by atoms with Crippen LogP contribution in [-0.2, 0) is 22.4 Å². The third-order valence-electron chi connectivity index (χ3n) is 5.94. The van der Waals surface area contributed by atoms with Crippen LogP contribution in [-0.4, -0.2) is 48.8 Å². The highest BCUT2D eigenvalue weighted by atomic mass is 79.9. The van der Waals surface area contributed by atoms with Crippen molar-refractivity contribution in [2.45, 2.75) is 24.8 Å². The number of carbonyl (C=O) groups excluding carboxylic acids is 1. The number of carbonyl (C=O) groups is 1. The molecule has 1 aliphatic rings. The Hall–Kier alpha value is -2.87. The van der Waals surface area contributed by atoms with E-state index in [1.54, 1.807) is 0 Å². The van der Waals surface area contributed by atoms with Gasteiger partial charge in [-0.1, -0.05) is 63.9 Å². The molecule has 0 spiro atoms. The summed E-state index contributed by atoms with van der Waals surface area (Å²) < 4.78 is 12.5. The minimum absolute atomic E-state index is 0.0861. The topological polar surface area (TPSA) is 80.2 Å². The number of aliphatic imine (C=N–C) groups is 1. The molecule has 3 aromatic rings. The van der Waals surface area contributed by atoms with Crippen molar-refractivity contribution in [3.05, 3.63) is 99.0 Å². The van der Waals surface area contributed by atoms with E-state index < -0.39 is 5.54 Å². The molecular weight excluding hydrogens is 544 g/mol. The summed E-state index contributed by atoms with van der Waals surface area (Å²) in [6.07, 6.45) is 1.57. The van der Waals surface area contributed by atoms with Crippen molar-refractivity contribution < 1.29 is 19.4 Å². The number of amides is 1. The summed E-state index contributed by atoms with van der Waals surface area (Å²) in [5.41, 5.74) is 1.62. The largest absolute Gasteiger partial charge is 0.494 e.